The Hall–Kier alpha value is -0.330. The van der Waals surface area contributed by atoms with Crippen molar-refractivity contribution in [2.75, 3.05) is 0 Å². The number of carbonyl (C=O) groups excluding carboxylic acids is 1. The SMILES string of the molecule is CC(C)C(C)C(C)C=O. The highest BCUT2D eigenvalue weighted by molar-refractivity contribution is 5.53. The Morgan fingerprint density at radius 3 is 1.67 bits per heavy atom. The normalized spacial score (nSPS) is 17.4. The molecule has 0 heterocycles. The van der Waals surface area contributed by atoms with Gasteiger partial charge in [0.1, 0.15) is 6.29 Å². The van der Waals surface area contributed by atoms with Crippen molar-refractivity contribution in [1.29, 1.82) is 0 Å². The molecule has 0 rings (SSSR count). The summed E-state index contributed by atoms with van der Waals surface area (Å²) in [6, 6.07) is 0. The molecule has 0 spiro atoms. The summed E-state index contributed by atoms with van der Waals surface area (Å²) in [4.78, 5) is 10.3. The van der Waals surface area contributed by atoms with Crippen molar-refractivity contribution in [2.24, 2.45) is 17.8 Å². The summed E-state index contributed by atoms with van der Waals surface area (Å²) in [5, 5.41) is 0. The van der Waals surface area contributed by atoms with Crippen molar-refractivity contribution in [3.05, 3.63) is 0 Å². The Balaban J connectivity index is 3.71. The van der Waals surface area contributed by atoms with Crippen LogP contribution in [-0.4, -0.2) is 6.29 Å². The molecule has 0 aromatic carbocycles. The summed E-state index contributed by atoms with van der Waals surface area (Å²) < 4.78 is 0. The fourth-order valence-electron chi connectivity index (χ4n) is 0.731. The molecule has 0 aromatic rings. The maximum atomic E-state index is 10.3. The van der Waals surface area contributed by atoms with Crippen LogP contribution in [0.2, 0.25) is 0 Å². The van der Waals surface area contributed by atoms with Gasteiger partial charge in [0.2, 0.25) is 0 Å². The molecule has 0 bridgehead atoms. The Labute approximate surface area is 57.5 Å². The first kappa shape index (κ1) is 8.67. The Kier molecular flexibility index (Phi) is 3.52. The number of aldehydes is 1. The van der Waals surface area contributed by atoms with Crippen molar-refractivity contribution >= 4 is 6.29 Å². The van der Waals surface area contributed by atoms with Crippen molar-refractivity contribution in [1.82, 2.24) is 0 Å². The van der Waals surface area contributed by atoms with Crippen LogP contribution >= 0.6 is 0 Å². The fourth-order valence-corrected chi connectivity index (χ4v) is 0.731. The van der Waals surface area contributed by atoms with Crippen molar-refractivity contribution in [3.8, 4) is 0 Å². The van der Waals surface area contributed by atoms with E-state index in [1.165, 1.54) is 0 Å². The second kappa shape index (κ2) is 3.65. The summed E-state index contributed by atoms with van der Waals surface area (Å²) >= 11 is 0. The highest BCUT2D eigenvalue weighted by Crippen LogP contribution is 2.17. The first-order chi connectivity index (χ1) is 4.09. The number of carbonyl (C=O) groups is 1. The van der Waals surface area contributed by atoms with Crippen LogP contribution in [0, 0.1) is 17.8 Å². The minimum Gasteiger partial charge on any atom is -0.303 e. The second-order valence-corrected chi connectivity index (χ2v) is 3.10. The van der Waals surface area contributed by atoms with E-state index in [-0.39, 0.29) is 5.92 Å². The maximum absolute atomic E-state index is 10.3. The lowest BCUT2D eigenvalue weighted by atomic mass is 9.87. The van der Waals surface area contributed by atoms with Crippen molar-refractivity contribution in [3.63, 3.8) is 0 Å². The lowest BCUT2D eigenvalue weighted by molar-refractivity contribution is -0.112. The highest BCUT2D eigenvalue weighted by Gasteiger charge is 2.13. The van der Waals surface area contributed by atoms with Gasteiger partial charge in [-0.2, -0.15) is 0 Å². The van der Waals surface area contributed by atoms with Crippen molar-refractivity contribution < 1.29 is 4.79 Å². The molecule has 2 atom stereocenters. The van der Waals surface area contributed by atoms with E-state index in [9.17, 15) is 4.79 Å². The van der Waals surface area contributed by atoms with Gasteiger partial charge in [-0.3, -0.25) is 0 Å². The second-order valence-electron chi connectivity index (χ2n) is 3.10. The third-order valence-corrected chi connectivity index (χ3v) is 2.10. The minimum absolute atomic E-state index is 0.213. The van der Waals surface area contributed by atoms with E-state index in [0.29, 0.717) is 11.8 Å². The smallest absolute Gasteiger partial charge is 0.123 e. The molecule has 0 amide bonds. The van der Waals surface area contributed by atoms with E-state index in [0.717, 1.165) is 6.29 Å². The Morgan fingerprint density at radius 2 is 1.56 bits per heavy atom. The highest BCUT2D eigenvalue weighted by atomic mass is 16.1. The summed E-state index contributed by atoms with van der Waals surface area (Å²) in [6.45, 7) is 8.37. The van der Waals surface area contributed by atoms with Gasteiger partial charge in [0.25, 0.3) is 0 Å². The predicted octanol–water partition coefficient (Wildman–Crippen LogP) is 2.11. The van der Waals surface area contributed by atoms with Gasteiger partial charge in [-0.05, 0) is 11.8 Å². The quantitative estimate of drug-likeness (QED) is 0.532. The van der Waals surface area contributed by atoms with Crippen LogP contribution in [0.5, 0.6) is 0 Å². The average Bonchev–Trinajstić information content (AvgIpc) is 1.84. The molecule has 1 nitrogen and oxygen atoms in total. The first-order valence-corrected chi connectivity index (χ1v) is 3.55. The number of rotatable bonds is 3. The van der Waals surface area contributed by atoms with Crippen LogP contribution in [0.4, 0.5) is 0 Å². The third-order valence-electron chi connectivity index (χ3n) is 2.10. The molecule has 54 valence electrons. The average molecular weight is 128 g/mol. The van der Waals surface area contributed by atoms with Gasteiger partial charge in [-0.25, -0.2) is 0 Å². The molecule has 0 N–H and O–H groups in total. The molecule has 0 radical (unpaired) electrons. The monoisotopic (exact) mass is 128 g/mol. The molecular formula is C8H16O. The van der Waals surface area contributed by atoms with Gasteiger partial charge in [-0.1, -0.05) is 27.7 Å². The van der Waals surface area contributed by atoms with Gasteiger partial charge < -0.3 is 4.79 Å². The van der Waals surface area contributed by atoms with E-state index in [4.69, 9.17) is 0 Å². The largest absolute Gasteiger partial charge is 0.303 e. The van der Waals surface area contributed by atoms with E-state index in [2.05, 4.69) is 20.8 Å². The Bertz CT molecular complexity index is 86.6. The molecule has 9 heavy (non-hydrogen) atoms. The summed E-state index contributed by atoms with van der Waals surface area (Å²) in [5.74, 6) is 1.35. The van der Waals surface area contributed by atoms with Crippen LogP contribution in [0.25, 0.3) is 0 Å². The lowest BCUT2D eigenvalue weighted by Gasteiger charge is -2.17. The van der Waals surface area contributed by atoms with Crippen molar-refractivity contribution in [2.45, 2.75) is 27.7 Å². The van der Waals surface area contributed by atoms with E-state index in [1.54, 1.807) is 0 Å². The van der Waals surface area contributed by atoms with Crippen LogP contribution in [-0.2, 0) is 4.79 Å². The standard InChI is InChI=1S/C8H16O/c1-6(2)8(4)7(3)5-9/h5-8H,1-4H3. The minimum atomic E-state index is 0.213. The van der Waals surface area contributed by atoms with E-state index < -0.39 is 0 Å². The van der Waals surface area contributed by atoms with Gasteiger partial charge in [0, 0.05) is 5.92 Å². The molecule has 1 heteroatoms. The molecule has 0 aromatic heterocycles. The first-order valence-electron chi connectivity index (χ1n) is 3.55. The number of hydrogen-bond donors (Lipinski definition) is 0. The van der Waals surface area contributed by atoms with Gasteiger partial charge in [0.15, 0.2) is 0 Å². The molecule has 0 aliphatic rings. The zero-order valence-electron chi connectivity index (χ0n) is 6.72. The van der Waals surface area contributed by atoms with E-state index >= 15 is 0 Å². The van der Waals surface area contributed by atoms with Crippen LogP contribution in [0.3, 0.4) is 0 Å². The summed E-state index contributed by atoms with van der Waals surface area (Å²) in [7, 11) is 0. The third kappa shape index (κ3) is 2.64. The van der Waals surface area contributed by atoms with Crippen LogP contribution in [0.15, 0.2) is 0 Å². The molecule has 0 fully saturated rings. The molecule has 0 aliphatic carbocycles. The molecule has 0 saturated carbocycles. The summed E-state index contributed by atoms with van der Waals surface area (Å²) in [6.07, 6.45) is 1.03. The molecule has 0 aliphatic heterocycles. The predicted molar refractivity (Wildman–Crippen MR) is 39.2 cm³/mol. The number of hydrogen-bond acceptors (Lipinski definition) is 1. The van der Waals surface area contributed by atoms with Crippen LogP contribution in [0.1, 0.15) is 27.7 Å². The fraction of sp³-hybridized carbons (Fsp3) is 0.875. The van der Waals surface area contributed by atoms with Gasteiger partial charge in [-0.15, -0.1) is 0 Å². The molecule has 2 unspecified atom stereocenters. The zero-order chi connectivity index (χ0) is 7.44. The zero-order valence-corrected chi connectivity index (χ0v) is 6.72. The summed E-state index contributed by atoms with van der Waals surface area (Å²) in [5.41, 5.74) is 0. The maximum Gasteiger partial charge on any atom is 0.123 e. The molecular weight excluding hydrogens is 112 g/mol. The molecule has 0 saturated heterocycles. The van der Waals surface area contributed by atoms with Gasteiger partial charge in [0.05, 0.1) is 0 Å². The Morgan fingerprint density at radius 1 is 1.11 bits per heavy atom. The van der Waals surface area contributed by atoms with Crippen LogP contribution < -0.4 is 0 Å². The van der Waals surface area contributed by atoms with E-state index in [1.807, 2.05) is 6.92 Å². The lowest BCUT2D eigenvalue weighted by Crippen LogP contribution is -2.14. The van der Waals surface area contributed by atoms with Gasteiger partial charge >= 0.3 is 0 Å². The topological polar surface area (TPSA) is 17.1 Å².